The van der Waals surface area contributed by atoms with E-state index in [0.29, 0.717) is 0 Å². The third-order valence-corrected chi connectivity index (χ3v) is 1.95. The predicted molar refractivity (Wildman–Crippen MR) is 29.9 cm³/mol. The molecule has 0 radical (unpaired) electrons. The summed E-state index contributed by atoms with van der Waals surface area (Å²) in [5, 5.41) is 8.25. The van der Waals surface area contributed by atoms with Crippen LogP contribution in [-0.2, 0) is 4.79 Å². The lowest BCUT2D eigenvalue weighted by atomic mass is 9.74. The molecule has 5 heteroatoms. The summed E-state index contributed by atoms with van der Waals surface area (Å²) in [4.78, 5) is 10.1. The molecule has 0 aromatic rings. The van der Waals surface area contributed by atoms with Crippen molar-refractivity contribution in [1.82, 2.24) is 0 Å². The number of carboxylic acids is 1. The molecule has 64 valence electrons. The summed E-state index contributed by atoms with van der Waals surface area (Å²) in [7, 11) is 0. The number of alkyl halides is 3. The Morgan fingerprint density at radius 2 is 1.82 bits per heavy atom. The summed E-state index contributed by atoms with van der Waals surface area (Å²) in [6.07, 6.45) is -4.70. The highest BCUT2D eigenvalue weighted by Crippen LogP contribution is 2.44. The summed E-state index contributed by atoms with van der Waals surface area (Å²) in [5.41, 5.74) is 0. The normalized spacial score (nSPS) is 31.2. The highest BCUT2D eigenvalue weighted by atomic mass is 19.4. The fourth-order valence-electron chi connectivity index (χ4n) is 1.09. The van der Waals surface area contributed by atoms with E-state index in [2.05, 4.69) is 0 Å². The van der Waals surface area contributed by atoms with Crippen molar-refractivity contribution < 1.29 is 23.1 Å². The van der Waals surface area contributed by atoms with Gasteiger partial charge in [0.25, 0.3) is 0 Å². The third kappa shape index (κ3) is 1.64. The molecule has 0 bridgehead atoms. The number of hydrogen-bond donors (Lipinski definition) is 1. The fraction of sp³-hybridized carbons (Fsp3) is 0.833. The standard InChI is InChI=1S/C6H7F3O2/c7-6(8,9)4-1-3(2-4)5(10)11/h3-4H,1-2H2,(H,10,11). The Morgan fingerprint density at radius 3 is 2.09 bits per heavy atom. The highest BCUT2D eigenvalue weighted by molar-refractivity contribution is 5.71. The van der Waals surface area contributed by atoms with Crippen LogP contribution in [0.25, 0.3) is 0 Å². The SMILES string of the molecule is O=C(O)C1CC(C(F)(F)F)C1. The van der Waals surface area contributed by atoms with Gasteiger partial charge >= 0.3 is 12.1 Å². The monoisotopic (exact) mass is 168 g/mol. The van der Waals surface area contributed by atoms with Gasteiger partial charge in [0, 0.05) is 0 Å². The molecule has 1 N–H and O–H groups in total. The number of halogens is 3. The molecule has 2 nitrogen and oxygen atoms in total. The van der Waals surface area contributed by atoms with Gasteiger partial charge in [0.1, 0.15) is 0 Å². The molecule has 0 atom stereocenters. The molecule has 1 aliphatic rings. The maximum Gasteiger partial charge on any atom is 0.391 e. The molecule has 0 spiro atoms. The average Bonchev–Trinajstić information content (AvgIpc) is 1.51. The van der Waals surface area contributed by atoms with E-state index in [-0.39, 0.29) is 12.8 Å². The second kappa shape index (κ2) is 2.39. The average molecular weight is 168 g/mol. The van der Waals surface area contributed by atoms with E-state index in [0.717, 1.165) is 0 Å². The van der Waals surface area contributed by atoms with E-state index < -0.39 is 24.0 Å². The van der Waals surface area contributed by atoms with Gasteiger partial charge in [-0.2, -0.15) is 13.2 Å². The van der Waals surface area contributed by atoms with Crippen LogP contribution in [0.5, 0.6) is 0 Å². The molecule has 0 unspecified atom stereocenters. The van der Waals surface area contributed by atoms with Crippen molar-refractivity contribution in [3.63, 3.8) is 0 Å². The summed E-state index contributed by atoms with van der Waals surface area (Å²) in [6, 6.07) is 0. The van der Waals surface area contributed by atoms with Gasteiger partial charge in [0.05, 0.1) is 11.8 Å². The van der Waals surface area contributed by atoms with Gasteiger partial charge in [-0.05, 0) is 12.8 Å². The minimum Gasteiger partial charge on any atom is -0.481 e. The molecule has 0 amide bonds. The van der Waals surface area contributed by atoms with Crippen molar-refractivity contribution in [3.05, 3.63) is 0 Å². The Balaban J connectivity index is 2.35. The van der Waals surface area contributed by atoms with Crippen LogP contribution in [0.2, 0.25) is 0 Å². The number of carbonyl (C=O) groups is 1. The molecule has 0 saturated heterocycles. The van der Waals surface area contributed by atoms with Crippen molar-refractivity contribution in [3.8, 4) is 0 Å². The Bertz CT molecular complexity index is 169. The highest BCUT2D eigenvalue weighted by Gasteiger charge is 2.49. The van der Waals surface area contributed by atoms with Crippen molar-refractivity contribution >= 4 is 5.97 Å². The first kappa shape index (κ1) is 8.36. The summed E-state index contributed by atoms with van der Waals surface area (Å²) in [6.45, 7) is 0. The molecule has 11 heavy (non-hydrogen) atoms. The molecule has 0 aliphatic heterocycles. The number of carboxylic acid groups (broad SMARTS) is 1. The minimum absolute atomic E-state index is 0.251. The van der Waals surface area contributed by atoms with Gasteiger partial charge in [0.15, 0.2) is 0 Å². The molecule has 1 saturated carbocycles. The first-order chi connectivity index (χ1) is 4.91. The van der Waals surface area contributed by atoms with Crippen LogP contribution in [0.4, 0.5) is 13.2 Å². The van der Waals surface area contributed by atoms with Crippen molar-refractivity contribution in [2.75, 3.05) is 0 Å². The van der Waals surface area contributed by atoms with Gasteiger partial charge in [0.2, 0.25) is 0 Å². The molecule has 1 fully saturated rings. The topological polar surface area (TPSA) is 37.3 Å². The molecule has 1 rings (SSSR count). The molecule has 1 aliphatic carbocycles. The smallest absolute Gasteiger partial charge is 0.391 e. The zero-order valence-electron chi connectivity index (χ0n) is 5.56. The largest absolute Gasteiger partial charge is 0.481 e. The lowest BCUT2D eigenvalue weighted by molar-refractivity contribution is -0.207. The summed E-state index contributed by atoms with van der Waals surface area (Å²) in [5.74, 6) is -3.28. The van der Waals surface area contributed by atoms with Crippen molar-refractivity contribution in [1.29, 1.82) is 0 Å². The lowest BCUT2D eigenvalue weighted by Crippen LogP contribution is -2.39. The zero-order chi connectivity index (χ0) is 8.65. The van der Waals surface area contributed by atoms with Crippen LogP contribution in [0.15, 0.2) is 0 Å². The quantitative estimate of drug-likeness (QED) is 0.646. The first-order valence-electron chi connectivity index (χ1n) is 3.21. The molecular formula is C6H7F3O2. The van der Waals surface area contributed by atoms with Crippen LogP contribution in [-0.4, -0.2) is 17.3 Å². The van der Waals surface area contributed by atoms with E-state index in [1.54, 1.807) is 0 Å². The maximum absolute atomic E-state index is 11.7. The Kier molecular flexibility index (Phi) is 1.82. The van der Waals surface area contributed by atoms with E-state index in [4.69, 9.17) is 5.11 Å². The van der Waals surface area contributed by atoms with Crippen LogP contribution in [0.3, 0.4) is 0 Å². The van der Waals surface area contributed by atoms with E-state index in [1.807, 2.05) is 0 Å². The summed E-state index contributed by atoms with van der Waals surface area (Å²) < 4.78 is 35.2. The summed E-state index contributed by atoms with van der Waals surface area (Å²) >= 11 is 0. The van der Waals surface area contributed by atoms with Gasteiger partial charge in [-0.1, -0.05) is 0 Å². The minimum atomic E-state index is -4.20. The Labute approximate surface area is 61.0 Å². The van der Waals surface area contributed by atoms with Crippen molar-refractivity contribution in [2.45, 2.75) is 19.0 Å². The van der Waals surface area contributed by atoms with Crippen LogP contribution in [0, 0.1) is 11.8 Å². The number of aliphatic carboxylic acids is 1. The Morgan fingerprint density at radius 1 is 1.36 bits per heavy atom. The van der Waals surface area contributed by atoms with Gasteiger partial charge < -0.3 is 5.11 Å². The second-order valence-electron chi connectivity index (χ2n) is 2.75. The molecule has 0 aromatic carbocycles. The number of rotatable bonds is 1. The van der Waals surface area contributed by atoms with Crippen molar-refractivity contribution in [2.24, 2.45) is 11.8 Å². The van der Waals surface area contributed by atoms with Gasteiger partial charge in [-0.25, -0.2) is 0 Å². The Hall–Kier alpha value is -0.740. The molecular weight excluding hydrogens is 161 g/mol. The van der Waals surface area contributed by atoms with E-state index >= 15 is 0 Å². The van der Waals surface area contributed by atoms with Crippen LogP contribution >= 0.6 is 0 Å². The van der Waals surface area contributed by atoms with E-state index in [9.17, 15) is 18.0 Å². The molecule has 0 heterocycles. The maximum atomic E-state index is 11.7. The third-order valence-electron chi connectivity index (χ3n) is 1.95. The van der Waals surface area contributed by atoms with Gasteiger partial charge in [-0.3, -0.25) is 4.79 Å². The zero-order valence-corrected chi connectivity index (χ0v) is 5.56. The molecule has 0 aromatic heterocycles. The first-order valence-corrected chi connectivity index (χ1v) is 3.21. The second-order valence-corrected chi connectivity index (χ2v) is 2.75. The van der Waals surface area contributed by atoms with Gasteiger partial charge in [-0.15, -0.1) is 0 Å². The fourth-order valence-corrected chi connectivity index (χ4v) is 1.09. The van der Waals surface area contributed by atoms with Crippen LogP contribution < -0.4 is 0 Å². The van der Waals surface area contributed by atoms with E-state index in [1.165, 1.54) is 0 Å². The lowest BCUT2D eigenvalue weighted by Gasteiger charge is -2.33. The predicted octanol–water partition coefficient (Wildman–Crippen LogP) is 1.66. The van der Waals surface area contributed by atoms with Crippen LogP contribution in [0.1, 0.15) is 12.8 Å². The number of hydrogen-bond acceptors (Lipinski definition) is 1.